The Balaban J connectivity index is 2.27. The molecule has 0 unspecified atom stereocenters. The van der Waals surface area contributed by atoms with E-state index in [4.69, 9.17) is 10.1 Å². The van der Waals surface area contributed by atoms with Crippen LogP contribution in [-0.2, 0) is 9.53 Å². The standard InChI is InChI=1S/C6H10N2O2/c1-4(9)8-6(7)5-2-10-3-5/h5H,2-3H2,1H3,(H2,7,8,9). The van der Waals surface area contributed by atoms with Gasteiger partial charge < -0.3 is 10.1 Å². The fourth-order valence-corrected chi connectivity index (χ4v) is 0.694. The quantitative estimate of drug-likeness (QED) is 0.391. The number of rotatable bonds is 1. The first-order valence-electron chi connectivity index (χ1n) is 3.14. The van der Waals surface area contributed by atoms with Crippen molar-refractivity contribution in [1.29, 1.82) is 5.41 Å². The number of ether oxygens (including phenoxy) is 1. The van der Waals surface area contributed by atoms with E-state index >= 15 is 0 Å². The van der Waals surface area contributed by atoms with Crippen LogP contribution in [0.4, 0.5) is 0 Å². The van der Waals surface area contributed by atoms with Gasteiger partial charge in [-0.25, -0.2) is 0 Å². The summed E-state index contributed by atoms with van der Waals surface area (Å²) in [7, 11) is 0. The van der Waals surface area contributed by atoms with E-state index in [0.29, 0.717) is 13.2 Å². The van der Waals surface area contributed by atoms with E-state index in [1.165, 1.54) is 6.92 Å². The third-order valence-electron chi connectivity index (χ3n) is 1.36. The molecule has 1 saturated heterocycles. The van der Waals surface area contributed by atoms with E-state index in [1.807, 2.05) is 0 Å². The second-order valence-electron chi connectivity index (χ2n) is 2.33. The van der Waals surface area contributed by atoms with E-state index < -0.39 is 0 Å². The van der Waals surface area contributed by atoms with Gasteiger partial charge in [-0.3, -0.25) is 10.2 Å². The summed E-state index contributed by atoms with van der Waals surface area (Å²) in [6, 6.07) is 0. The Hall–Kier alpha value is -0.900. The van der Waals surface area contributed by atoms with Gasteiger partial charge >= 0.3 is 0 Å². The zero-order valence-electron chi connectivity index (χ0n) is 5.81. The molecule has 1 aliphatic rings. The first-order valence-corrected chi connectivity index (χ1v) is 3.14. The van der Waals surface area contributed by atoms with Crippen molar-refractivity contribution in [3.05, 3.63) is 0 Å². The van der Waals surface area contributed by atoms with Crippen molar-refractivity contribution in [2.24, 2.45) is 5.92 Å². The van der Waals surface area contributed by atoms with Crippen LogP contribution >= 0.6 is 0 Å². The lowest BCUT2D eigenvalue weighted by Gasteiger charge is -2.26. The Bertz CT molecular complexity index is 163. The molecule has 0 atom stereocenters. The van der Waals surface area contributed by atoms with Crippen molar-refractivity contribution in [1.82, 2.24) is 5.32 Å². The molecule has 0 aromatic heterocycles. The summed E-state index contributed by atoms with van der Waals surface area (Å²) in [5.41, 5.74) is 0. The molecule has 0 spiro atoms. The average Bonchev–Trinajstić information content (AvgIpc) is 1.55. The van der Waals surface area contributed by atoms with Gasteiger partial charge in [-0.15, -0.1) is 0 Å². The third kappa shape index (κ3) is 1.54. The number of amidine groups is 1. The predicted octanol–water partition coefficient (Wildman–Crippen LogP) is -0.254. The Labute approximate surface area is 59.1 Å². The Kier molecular flexibility index (Phi) is 2.01. The van der Waals surface area contributed by atoms with E-state index in [1.54, 1.807) is 0 Å². The topological polar surface area (TPSA) is 62.2 Å². The number of hydrogen-bond acceptors (Lipinski definition) is 3. The number of hydrogen-bond donors (Lipinski definition) is 2. The maximum atomic E-state index is 10.4. The third-order valence-corrected chi connectivity index (χ3v) is 1.36. The molecule has 0 aliphatic carbocycles. The minimum Gasteiger partial charge on any atom is -0.380 e. The van der Waals surface area contributed by atoms with Gasteiger partial charge in [0, 0.05) is 6.92 Å². The molecule has 4 heteroatoms. The Morgan fingerprint density at radius 2 is 2.30 bits per heavy atom. The highest BCUT2D eigenvalue weighted by Gasteiger charge is 2.23. The lowest BCUT2D eigenvalue weighted by atomic mass is 10.1. The second kappa shape index (κ2) is 2.79. The zero-order valence-corrected chi connectivity index (χ0v) is 5.81. The van der Waals surface area contributed by atoms with Gasteiger partial charge in [-0.2, -0.15) is 0 Å². The summed E-state index contributed by atoms with van der Waals surface area (Å²) >= 11 is 0. The lowest BCUT2D eigenvalue weighted by molar-refractivity contribution is -0.117. The average molecular weight is 142 g/mol. The van der Waals surface area contributed by atoms with Crippen LogP contribution in [0.3, 0.4) is 0 Å². The van der Waals surface area contributed by atoms with Gasteiger partial charge in [0.25, 0.3) is 0 Å². The van der Waals surface area contributed by atoms with Crippen molar-refractivity contribution >= 4 is 11.7 Å². The molecule has 56 valence electrons. The highest BCUT2D eigenvalue weighted by atomic mass is 16.5. The minimum absolute atomic E-state index is 0.115. The molecule has 0 aromatic carbocycles. The lowest BCUT2D eigenvalue weighted by Crippen LogP contribution is -2.43. The van der Waals surface area contributed by atoms with E-state index in [9.17, 15) is 4.79 Å². The molecule has 10 heavy (non-hydrogen) atoms. The van der Waals surface area contributed by atoms with Gasteiger partial charge in [0.2, 0.25) is 5.91 Å². The molecule has 0 radical (unpaired) electrons. The van der Waals surface area contributed by atoms with Crippen LogP contribution in [0.15, 0.2) is 0 Å². The van der Waals surface area contributed by atoms with Gasteiger partial charge in [-0.05, 0) is 0 Å². The number of nitrogens with one attached hydrogen (secondary N) is 2. The highest BCUT2D eigenvalue weighted by Crippen LogP contribution is 2.09. The Morgan fingerprint density at radius 3 is 2.60 bits per heavy atom. The van der Waals surface area contributed by atoms with Gasteiger partial charge in [-0.1, -0.05) is 0 Å². The van der Waals surface area contributed by atoms with Crippen molar-refractivity contribution in [2.45, 2.75) is 6.92 Å². The highest BCUT2D eigenvalue weighted by molar-refractivity contribution is 5.97. The number of carbonyl (C=O) groups is 1. The molecule has 1 amide bonds. The smallest absolute Gasteiger partial charge is 0.222 e. The maximum Gasteiger partial charge on any atom is 0.222 e. The van der Waals surface area contributed by atoms with Crippen LogP contribution in [0.5, 0.6) is 0 Å². The summed E-state index contributed by atoms with van der Waals surface area (Å²) in [4.78, 5) is 10.4. The Morgan fingerprint density at radius 1 is 1.70 bits per heavy atom. The van der Waals surface area contributed by atoms with Crippen LogP contribution in [0.2, 0.25) is 0 Å². The monoisotopic (exact) mass is 142 g/mol. The molecule has 0 aromatic rings. The van der Waals surface area contributed by atoms with Crippen LogP contribution in [0.1, 0.15) is 6.92 Å². The fraction of sp³-hybridized carbons (Fsp3) is 0.667. The molecule has 2 N–H and O–H groups in total. The number of carbonyl (C=O) groups excluding carboxylic acids is 1. The van der Waals surface area contributed by atoms with Crippen molar-refractivity contribution in [2.75, 3.05) is 13.2 Å². The van der Waals surface area contributed by atoms with Gasteiger partial charge in [0.1, 0.15) is 5.84 Å². The normalized spacial score (nSPS) is 17.7. The van der Waals surface area contributed by atoms with Crippen molar-refractivity contribution < 1.29 is 9.53 Å². The molecule has 4 nitrogen and oxygen atoms in total. The summed E-state index contributed by atoms with van der Waals surface area (Å²) in [6.07, 6.45) is 0. The largest absolute Gasteiger partial charge is 0.380 e. The summed E-state index contributed by atoms with van der Waals surface area (Å²) < 4.78 is 4.85. The molecule has 1 fully saturated rings. The van der Waals surface area contributed by atoms with Crippen LogP contribution in [-0.4, -0.2) is 25.0 Å². The SMILES string of the molecule is CC(=O)NC(=N)C1COC1. The molecule has 0 saturated carbocycles. The fourth-order valence-electron chi connectivity index (χ4n) is 0.694. The van der Waals surface area contributed by atoms with E-state index in [2.05, 4.69) is 5.32 Å². The summed E-state index contributed by atoms with van der Waals surface area (Å²) in [6.45, 7) is 2.53. The van der Waals surface area contributed by atoms with E-state index in [0.717, 1.165) is 0 Å². The van der Waals surface area contributed by atoms with Crippen molar-refractivity contribution in [3.8, 4) is 0 Å². The maximum absolute atomic E-state index is 10.4. The summed E-state index contributed by atoms with van der Waals surface area (Å²) in [5.74, 6) is 0.208. The van der Waals surface area contributed by atoms with Crippen LogP contribution < -0.4 is 5.32 Å². The minimum atomic E-state index is -0.183. The number of amides is 1. The summed E-state index contributed by atoms with van der Waals surface area (Å²) in [5, 5.41) is 9.67. The molecule has 1 aliphatic heterocycles. The second-order valence-corrected chi connectivity index (χ2v) is 2.33. The van der Waals surface area contributed by atoms with Gasteiger partial charge in [0.05, 0.1) is 19.1 Å². The molecule has 1 heterocycles. The molecular weight excluding hydrogens is 132 g/mol. The first-order chi connectivity index (χ1) is 4.70. The first kappa shape index (κ1) is 7.21. The molecule has 0 bridgehead atoms. The zero-order chi connectivity index (χ0) is 7.56. The predicted molar refractivity (Wildman–Crippen MR) is 35.9 cm³/mol. The van der Waals surface area contributed by atoms with Crippen LogP contribution in [0.25, 0.3) is 0 Å². The van der Waals surface area contributed by atoms with Crippen LogP contribution in [0, 0.1) is 11.3 Å². The molecular formula is C6H10N2O2. The molecule has 1 rings (SSSR count). The van der Waals surface area contributed by atoms with Crippen molar-refractivity contribution in [3.63, 3.8) is 0 Å². The van der Waals surface area contributed by atoms with E-state index in [-0.39, 0.29) is 17.7 Å². The van der Waals surface area contributed by atoms with Gasteiger partial charge in [0.15, 0.2) is 0 Å².